The molecule has 0 radical (unpaired) electrons. The van der Waals surface area contributed by atoms with Gasteiger partial charge in [-0.15, -0.1) is 13.2 Å². The largest absolute Gasteiger partial charge is 0.573 e. The van der Waals surface area contributed by atoms with Crippen molar-refractivity contribution >= 4 is 21.6 Å². The van der Waals surface area contributed by atoms with Crippen molar-refractivity contribution in [2.24, 2.45) is 0 Å². The predicted molar refractivity (Wildman–Crippen MR) is 97.5 cm³/mol. The molecule has 0 aliphatic rings. The first-order valence-corrected chi connectivity index (χ1v) is 9.52. The predicted octanol–water partition coefficient (Wildman–Crippen LogP) is 3.46. The number of aryl methyl sites for hydroxylation is 2. The van der Waals surface area contributed by atoms with Crippen molar-refractivity contribution in [2.45, 2.75) is 25.1 Å². The Bertz CT molecular complexity index is 958. The van der Waals surface area contributed by atoms with E-state index in [2.05, 4.69) is 10.1 Å². The van der Waals surface area contributed by atoms with Crippen LogP contribution in [-0.4, -0.2) is 38.6 Å². The summed E-state index contributed by atoms with van der Waals surface area (Å²) in [6.45, 7) is 3.20. The van der Waals surface area contributed by atoms with Gasteiger partial charge in [-0.2, -0.15) is 4.31 Å². The fraction of sp³-hybridized carbons (Fsp3) is 0.278. The van der Waals surface area contributed by atoms with Crippen LogP contribution >= 0.6 is 0 Å². The smallest absolute Gasteiger partial charge is 0.406 e. The van der Waals surface area contributed by atoms with Gasteiger partial charge >= 0.3 is 6.36 Å². The number of carbonyl (C=O) groups excluding carboxylic acids is 1. The van der Waals surface area contributed by atoms with Gasteiger partial charge in [0.25, 0.3) is 0 Å². The normalized spacial score (nSPS) is 12.1. The number of sulfonamides is 1. The molecule has 28 heavy (non-hydrogen) atoms. The fourth-order valence-corrected chi connectivity index (χ4v) is 3.47. The van der Waals surface area contributed by atoms with Gasteiger partial charge in [-0.05, 0) is 55.3 Å². The molecule has 2 rings (SSSR count). The number of carbonyl (C=O) groups is 1. The minimum Gasteiger partial charge on any atom is -0.406 e. The van der Waals surface area contributed by atoms with Crippen molar-refractivity contribution in [1.29, 1.82) is 0 Å². The van der Waals surface area contributed by atoms with Crippen molar-refractivity contribution in [3.05, 3.63) is 53.6 Å². The number of benzene rings is 2. The Kier molecular flexibility index (Phi) is 6.35. The van der Waals surface area contributed by atoms with Crippen LogP contribution in [0.5, 0.6) is 5.75 Å². The topological polar surface area (TPSA) is 75.7 Å². The second-order valence-corrected chi connectivity index (χ2v) is 8.19. The van der Waals surface area contributed by atoms with Gasteiger partial charge in [0, 0.05) is 12.7 Å². The highest BCUT2D eigenvalue weighted by molar-refractivity contribution is 7.89. The molecule has 2 aromatic rings. The number of amides is 1. The van der Waals surface area contributed by atoms with Crippen molar-refractivity contribution in [2.75, 3.05) is 18.9 Å². The Balaban J connectivity index is 2.08. The molecular formula is C18H19F3N2O4S. The van der Waals surface area contributed by atoms with Crippen molar-refractivity contribution in [3.63, 3.8) is 0 Å². The lowest BCUT2D eigenvalue weighted by Gasteiger charge is -2.18. The van der Waals surface area contributed by atoms with Gasteiger partial charge in [-0.1, -0.05) is 12.1 Å². The van der Waals surface area contributed by atoms with Crippen LogP contribution in [0, 0.1) is 13.8 Å². The lowest BCUT2D eigenvalue weighted by Crippen LogP contribution is -2.35. The van der Waals surface area contributed by atoms with Crippen molar-refractivity contribution < 1.29 is 31.1 Å². The Morgan fingerprint density at radius 3 is 2.29 bits per heavy atom. The van der Waals surface area contributed by atoms with Gasteiger partial charge in [0.1, 0.15) is 5.75 Å². The Morgan fingerprint density at radius 1 is 1.11 bits per heavy atom. The lowest BCUT2D eigenvalue weighted by atomic mass is 10.1. The molecule has 6 nitrogen and oxygen atoms in total. The molecule has 0 saturated heterocycles. The van der Waals surface area contributed by atoms with Gasteiger partial charge in [-0.3, -0.25) is 4.79 Å². The zero-order chi connectivity index (χ0) is 21.1. The highest BCUT2D eigenvalue weighted by Gasteiger charge is 2.31. The van der Waals surface area contributed by atoms with Crippen LogP contribution in [0.1, 0.15) is 11.1 Å². The van der Waals surface area contributed by atoms with E-state index in [0.717, 1.165) is 39.7 Å². The van der Waals surface area contributed by atoms with Crippen LogP contribution < -0.4 is 10.1 Å². The molecule has 1 amide bonds. The summed E-state index contributed by atoms with van der Waals surface area (Å²) >= 11 is 0. The molecule has 0 aliphatic heterocycles. The molecule has 2 aromatic carbocycles. The summed E-state index contributed by atoms with van der Waals surface area (Å²) in [6.07, 6.45) is -4.87. The van der Waals surface area contributed by atoms with E-state index in [-0.39, 0.29) is 4.90 Å². The summed E-state index contributed by atoms with van der Waals surface area (Å²) < 4.78 is 66.1. The molecule has 0 bridgehead atoms. The molecular weight excluding hydrogens is 397 g/mol. The average molecular weight is 416 g/mol. The van der Waals surface area contributed by atoms with Gasteiger partial charge in [-0.25, -0.2) is 8.42 Å². The quantitative estimate of drug-likeness (QED) is 0.783. The van der Waals surface area contributed by atoms with Crippen LogP contribution in [0.3, 0.4) is 0 Å². The maximum atomic E-state index is 12.5. The van der Waals surface area contributed by atoms with E-state index in [9.17, 15) is 26.4 Å². The summed E-state index contributed by atoms with van der Waals surface area (Å²) in [7, 11) is -2.86. The fourth-order valence-electron chi connectivity index (χ4n) is 2.34. The van der Waals surface area contributed by atoms with Gasteiger partial charge in [0.05, 0.1) is 11.4 Å². The summed E-state index contributed by atoms with van der Waals surface area (Å²) in [4.78, 5) is 12.0. The van der Waals surface area contributed by atoms with Gasteiger partial charge < -0.3 is 10.1 Å². The van der Waals surface area contributed by atoms with Gasteiger partial charge in [0.15, 0.2) is 0 Å². The first-order chi connectivity index (χ1) is 12.9. The third kappa shape index (κ3) is 5.70. The Labute approximate surface area is 161 Å². The summed E-state index contributed by atoms with van der Waals surface area (Å²) in [5, 5.41) is 2.65. The van der Waals surface area contributed by atoms with E-state index >= 15 is 0 Å². The minimum absolute atomic E-state index is 0.260. The van der Waals surface area contributed by atoms with E-state index in [4.69, 9.17) is 0 Å². The molecule has 0 spiro atoms. The van der Waals surface area contributed by atoms with Crippen molar-refractivity contribution in [1.82, 2.24) is 4.31 Å². The maximum absolute atomic E-state index is 12.5. The number of nitrogens with zero attached hydrogens (tertiary/aromatic N) is 1. The molecule has 0 aromatic heterocycles. The zero-order valence-corrected chi connectivity index (χ0v) is 16.2. The maximum Gasteiger partial charge on any atom is 0.573 e. The first kappa shape index (κ1) is 21.7. The van der Waals surface area contributed by atoms with Crippen molar-refractivity contribution in [3.8, 4) is 5.75 Å². The SMILES string of the molecule is Cc1ccc(C)c(NC(=O)CN(C)S(=O)(=O)c2ccc(OC(F)(F)F)cc2)c1. The third-order valence-electron chi connectivity index (χ3n) is 3.80. The van der Waals surface area contributed by atoms with E-state index in [1.54, 1.807) is 13.0 Å². The number of likely N-dealkylation sites (N-methyl/N-ethyl adjacent to an activating group) is 1. The molecule has 0 unspecified atom stereocenters. The third-order valence-corrected chi connectivity index (χ3v) is 5.62. The minimum atomic E-state index is -4.87. The Morgan fingerprint density at radius 2 is 1.71 bits per heavy atom. The molecule has 0 heterocycles. The number of rotatable bonds is 6. The van der Waals surface area contributed by atoms with Crippen LogP contribution in [0.25, 0.3) is 0 Å². The van der Waals surface area contributed by atoms with Crippen LogP contribution in [-0.2, 0) is 14.8 Å². The molecule has 0 saturated carbocycles. The van der Waals surface area contributed by atoms with Crippen LogP contribution in [0.2, 0.25) is 0 Å². The standard InChI is InChI=1S/C18H19F3N2O4S/c1-12-4-5-13(2)16(10-12)22-17(24)11-23(3)28(25,26)15-8-6-14(7-9-15)27-18(19,20)21/h4-10H,11H2,1-3H3,(H,22,24). The average Bonchev–Trinajstić information content (AvgIpc) is 2.57. The second-order valence-electron chi connectivity index (χ2n) is 6.15. The highest BCUT2D eigenvalue weighted by Crippen LogP contribution is 2.25. The monoisotopic (exact) mass is 416 g/mol. The molecule has 152 valence electrons. The molecule has 10 heteroatoms. The second kappa shape index (κ2) is 8.19. The number of alkyl halides is 3. The molecule has 0 atom stereocenters. The highest BCUT2D eigenvalue weighted by atomic mass is 32.2. The van der Waals surface area contributed by atoms with E-state index in [0.29, 0.717) is 5.69 Å². The zero-order valence-electron chi connectivity index (χ0n) is 15.4. The van der Waals surface area contributed by atoms with E-state index in [1.165, 1.54) is 7.05 Å². The molecule has 0 aliphatic carbocycles. The number of hydrogen-bond donors (Lipinski definition) is 1. The van der Waals surface area contributed by atoms with E-state index < -0.39 is 34.6 Å². The van der Waals surface area contributed by atoms with Crippen LogP contribution in [0.15, 0.2) is 47.4 Å². The number of ether oxygens (including phenoxy) is 1. The Hall–Kier alpha value is -2.59. The summed E-state index contributed by atoms with van der Waals surface area (Å²) in [6, 6.07) is 9.23. The first-order valence-electron chi connectivity index (χ1n) is 8.08. The summed E-state index contributed by atoms with van der Waals surface area (Å²) in [5.74, 6) is -1.08. The van der Waals surface area contributed by atoms with E-state index in [1.807, 2.05) is 19.1 Å². The number of hydrogen-bond acceptors (Lipinski definition) is 4. The number of anilines is 1. The molecule has 0 fully saturated rings. The number of nitrogens with one attached hydrogen (secondary N) is 1. The molecule has 1 N–H and O–H groups in total. The number of halogens is 3. The van der Waals surface area contributed by atoms with Gasteiger partial charge in [0.2, 0.25) is 15.9 Å². The lowest BCUT2D eigenvalue weighted by molar-refractivity contribution is -0.274. The summed E-state index contributed by atoms with van der Waals surface area (Å²) in [5.41, 5.74) is 2.33. The van der Waals surface area contributed by atoms with Crippen LogP contribution in [0.4, 0.5) is 18.9 Å².